The molecule has 0 amide bonds. The van der Waals surface area contributed by atoms with Crippen molar-refractivity contribution in [3.63, 3.8) is 0 Å². The van der Waals surface area contributed by atoms with Gasteiger partial charge >= 0.3 is 0 Å². The van der Waals surface area contributed by atoms with Crippen molar-refractivity contribution in [1.82, 2.24) is 4.31 Å². The Morgan fingerprint density at radius 3 is 2.43 bits per heavy atom. The lowest BCUT2D eigenvalue weighted by Gasteiger charge is -2.33. The lowest BCUT2D eigenvalue weighted by atomic mass is 9.87. The maximum absolute atomic E-state index is 13.4. The summed E-state index contributed by atoms with van der Waals surface area (Å²) < 4.78 is 40.4. The summed E-state index contributed by atoms with van der Waals surface area (Å²) in [5.41, 5.74) is 5.34. The molecule has 0 spiro atoms. The first-order valence-electron chi connectivity index (χ1n) is 6.96. The van der Waals surface area contributed by atoms with Gasteiger partial charge in [-0.15, -0.1) is 0 Å². The molecular weight excluding hydrogens is 359 g/mol. The zero-order chi connectivity index (χ0) is 15.8. The van der Waals surface area contributed by atoms with Crippen LogP contribution < -0.4 is 5.73 Å². The van der Waals surface area contributed by atoms with Gasteiger partial charge in [-0.3, -0.25) is 0 Å². The summed E-state index contributed by atoms with van der Waals surface area (Å²) in [7, 11) is -2.10. The number of rotatable bonds is 3. The zero-order valence-corrected chi connectivity index (χ0v) is 14.5. The fraction of sp³-hybridized carbons (Fsp3) is 0.571. The van der Waals surface area contributed by atoms with E-state index < -0.39 is 15.8 Å². The molecule has 4 nitrogen and oxygen atoms in total. The van der Waals surface area contributed by atoms with Crippen LogP contribution in [0.5, 0.6) is 0 Å². The predicted octanol–water partition coefficient (Wildman–Crippen LogP) is 3.37. The second kappa shape index (κ2) is 6.22. The Morgan fingerprint density at radius 2 is 1.86 bits per heavy atom. The summed E-state index contributed by atoms with van der Waals surface area (Å²) in [6.07, 6.45) is 3.75. The topological polar surface area (TPSA) is 63.4 Å². The Kier molecular flexibility index (Phi) is 4.95. The summed E-state index contributed by atoms with van der Waals surface area (Å²) in [6, 6.07) is 2.26. The van der Waals surface area contributed by atoms with E-state index in [2.05, 4.69) is 22.9 Å². The van der Waals surface area contributed by atoms with Gasteiger partial charge in [0.1, 0.15) is 5.82 Å². The first-order valence-corrected chi connectivity index (χ1v) is 9.19. The third-order valence-electron chi connectivity index (χ3n) is 4.21. The Morgan fingerprint density at radius 1 is 1.29 bits per heavy atom. The minimum Gasteiger partial charge on any atom is -0.396 e. The van der Waals surface area contributed by atoms with E-state index in [9.17, 15) is 12.8 Å². The number of nitrogens with zero attached hydrogens (tertiary/aromatic N) is 1. The lowest BCUT2D eigenvalue weighted by Crippen LogP contribution is -2.39. The predicted molar refractivity (Wildman–Crippen MR) is 84.9 cm³/mol. The van der Waals surface area contributed by atoms with E-state index in [0.29, 0.717) is 5.92 Å². The molecule has 118 valence electrons. The molecule has 0 heterocycles. The smallest absolute Gasteiger partial charge is 0.244 e. The van der Waals surface area contributed by atoms with Crippen LogP contribution in [0.2, 0.25) is 0 Å². The molecule has 1 aromatic rings. The standard InChI is InChI=1S/C14H20BrFN2O2S/c1-9-3-5-10(6-4-9)18(2)21(19,20)14-8-13(17)12(16)7-11(14)15/h7-10H,3-6,17H2,1-2H3. The van der Waals surface area contributed by atoms with E-state index in [4.69, 9.17) is 5.73 Å². The van der Waals surface area contributed by atoms with Gasteiger partial charge in [0, 0.05) is 17.6 Å². The third kappa shape index (κ3) is 3.40. The number of nitrogens with two attached hydrogens (primary N) is 1. The van der Waals surface area contributed by atoms with Gasteiger partial charge in [-0.25, -0.2) is 12.8 Å². The van der Waals surface area contributed by atoms with Gasteiger partial charge < -0.3 is 5.73 Å². The summed E-state index contributed by atoms with van der Waals surface area (Å²) in [6.45, 7) is 2.18. The van der Waals surface area contributed by atoms with Crippen LogP contribution >= 0.6 is 15.9 Å². The number of sulfonamides is 1. The van der Waals surface area contributed by atoms with E-state index in [1.165, 1.54) is 10.4 Å². The van der Waals surface area contributed by atoms with E-state index >= 15 is 0 Å². The van der Waals surface area contributed by atoms with Crippen molar-refractivity contribution < 1.29 is 12.8 Å². The summed E-state index contributed by atoms with van der Waals surface area (Å²) in [4.78, 5) is 0.0162. The Hall–Kier alpha value is -0.660. The molecule has 1 aliphatic carbocycles. The van der Waals surface area contributed by atoms with Crippen LogP contribution in [0.4, 0.5) is 10.1 Å². The van der Waals surface area contributed by atoms with Crippen molar-refractivity contribution in [1.29, 1.82) is 0 Å². The minimum atomic E-state index is -3.69. The molecule has 21 heavy (non-hydrogen) atoms. The van der Waals surface area contributed by atoms with Gasteiger partial charge in [0.05, 0.1) is 10.6 Å². The van der Waals surface area contributed by atoms with E-state index in [0.717, 1.165) is 31.7 Å². The molecule has 0 radical (unpaired) electrons. The molecule has 0 atom stereocenters. The molecule has 0 aromatic heterocycles. The van der Waals surface area contributed by atoms with Crippen LogP contribution in [0.15, 0.2) is 21.5 Å². The highest BCUT2D eigenvalue weighted by molar-refractivity contribution is 9.10. The average molecular weight is 379 g/mol. The Balaban J connectivity index is 2.31. The fourth-order valence-electron chi connectivity index (χ4n) is 2.70. The quantitative estimate of drug-likeness (QED) is 0.819. The lowest BCUT2D eigenvalue weighted by molar-refractivity contribution is 0.246. The van der Waals surface area contributed by atoms with Crippen LogP contribution in [0.1, 0.15) is 32.6 Å². The molecule has 0 aliphatic heterocycles. The SMILES string of the molecule is CC1CCC(N(C)S(=O)(=O)c2cc(N)c(F)cc2Br)CC1. The largest absolute Gasteiger partial charge is 0.396 e. The highest BCUT2D eigenvalue weighted by Gasteiger charge is 2.32. The van der Waals surface area contributed by atoms with Crippen LogP contribution in [-0.2, 0) is 10.0 Å². The van der Waals surface area contributed by atoms with Crippen molar-refractivity contribution in [2.24, 2.45) is 5.92 Å². The molecule has 1 aliphatic rings. The van der Waals surface area contributed by atoms with E-state index in [1.807, 2.05) is 0 Å². The summed E-state index contributed by atoms with van der Waals surface area (Å²) in [5.74, 6) is 0.0144. The number of anilines is 1. The van der Waals surface area contributed by atoms with Crippen LogP contribution in [0.25, 0.3) is 0 Å². The number of benzene rings is 1. The second-order valence-electron chi connectivity index (χ2n) is 5.74. The van der Waals surface area contributed by atoms with Crippen molar-refractivity contribution >= 4 is 31.6 Å². The van der Waals surface area contributed by atoms with Gasteiger partial charge in [0.25, 0.3) is 0 Å². The van der Waals surface area contributed by atoms with Gasteiger partial charge in [-0.05, 0) is 59.7 Å². The van der Waals surface area contributed by atoms with Crippen molar-refractivity contribution in [2.75, 3.05) is 12.8 Å². The van der Waals surface area contributed by atoms with Crippen molar-refractivity contribution in [3.05, 3.63) is 22.4 Å². The second-order valence-corrected chi connectivity index (χ2v) is 8.56. The molecule has 7 heteroatoms. The van der Waals surface area contributed by atoms with Gasteiger partial charge in [-0.1, -0.05) is 6.92 Å². The van der Waals surface area contributed by atoms with Crippen LogP contribution in [-0.4, -0.2) is 25.8 Å². The van der Waals surface area contributed by atoms with Crippen molar-refractivity contribution in [3.8, 4) is 0 Å². The number of hydrogen-bond donors (Lipinski definition) is 1. The number of hydrogen-bond acceptors (Lipinski definition) is 3. The molecular formula is C14H20BrFN2O2S. The summed E-state index contributed by atoms with van der Waals surface area (Å²) in [5, 5.41) is 0. The Bertz CT molecular complexity index is 628. The molecule has 2 rings (SSSR count). The number of halogens is 2. The maximum atomic E-state index is 13.4. The average Bonchev–Trinajstić information content (AvgIpc) is 2.42. The number of nitrogen functional groups attached to an aromatic ring is 1. The molecule has 1 saturated carbocycles. The highest BCUT2D eigenvalue weighted by Crippen LogP contribution is 2.33. The van der Waals surface area contributed by atoms with E-state index in [-0.39, 0.29) is 21.1 Å². The Labute approximate surface area is 133 Å². The van der Waals surface area contributed by atoms with E-state index in [1.54, 1.807) is 7.05 Å². The zero-order valence-electron chi connectivity index (χ0n) is 12.1. The fourth-order valence-corrected chi connectivity index (χ4v) is 5.12. The minimum absolute atomic E-state index is 0.00984. The first kappa shape index (κ1) is 16.7. The molecule has 1 aromatic carbocycles. The summed E-state index contributed by atoms with van der Waals surface area (Å²) >= 11 is 3.12. The molecule has 0 bridgehead atoms. The third-order valence-corrected chi connectivity index (χ3v) is 7.08. The maximum Gasteiger partial charge on any atom is 0.244 e. The highest BCUT2D eigenvalue weighted by atomic mass is 79.9. The monoisotopic (exact) mass is 378 g/mol. The van der Waals surface area contributed by atoms with Crippen LogP contribution in [0.3, 0.4) is 0 Å². The molecule has 0 saturated heterocycles. The molecule has 0 unspecified atom stereocenters. The van der Waals surface area contributed by atoms with Gasteiger partial charge in [0.2, 0.25) is 10.0 Å². The molecule has 2 N–H and O–H groups in total. The first-order chi connectivity index (χ1) is 9.73. The van der Waals surface area contributed by atoms with Gasteiger partial charge in [0.15, 0.2) is 0 Å². The normalized spacial score (nSPS) is 23.5. The van der Waals surface area contributed by atoms with Crippen LogP contribution in [0, 0.1) is 11.7 Å². The van der Waals surface area contributed by atoms with Crippen molar-refractivity contribution in [2.45, 2.75) is 43.5 Å². The molecule has 1 fully saturated rings. The van der Waals surface area contributed by atoms with Gasteiger partial charge in [-0.2, -0.15) is 4.31 Å².